The Morgan fingerprint density at radius 3 is 1.42 bits per heavy atom. The second-order valence-electron chi connectivity index (χ2n) is 2.85. The van der Waals surface area contributed by atoms with E-state index in [0.29, 0.717) is 0 Å². The molecular weight excluding hydrogens is 158 g/mol. The van der Waals surface area contributed by atoms with Crippen molar-refractivity contribution in [1.82, 2.24) is 0 Å². The average Bonchev–Trinajstić information content (AvgIpc) is 1.81. The SMILES string of the molecule is C1CCC1.Fc1cccc(F)c1. The quantitative estimate of drug-likeness (QED) is 0.558. The molecule has 1 saturated carbocycles. The molecule has 12 heavy (non-hydrogen) atoms. The first-order valence-corrected chi connectivity index (χ1v) is 4.20. The molecule has 0 aliphatic heterocycles. The summed E-state index contributed by atoms with van der Waals surface area (Å²) < 4.78 is 23.9. The summed E-state index contributed by atoms with van der Waals surface area (Å²) in [6.07, 6.45) is 6.00. The largest absolute Gasteiger partial charge is 0.207 e. The van der Waals surface area contributed by atoms with Crippen molar-refractivity contribution in [3.8, 4) is 0 Å². The van der Waals surface area contributed by atoms with E-state index in [4.69, 9.17) is 0 Å². The maximum Gasteiger partial charge on any atom is 0.126 e. The smallest absolute Gasteiger partial charge is 0.126 e. The Morgan fingerprint density at radius 1 is 0.833 bits per heavy atom. The number of benzene rings is 1. The van der Waals surface area contributed by atoms with Gasteiger partial charge in [0.25, 0.3) is 0 Å². The second kappa shape index (κ2) is 4.86. The number of hydrogen-bond donors (Lipinski definition) is 0. The molecule has 0 heterocycles. The molecule has 0 nitrogen and oxygen atoms in total. The van der Waals surface area contributed by atoms with E-state index in [2.05, 4.69) is 0 Å². The zero-order chi connectivity index (χ0) is 8.81. The van der Waals surface area contributed by atoms with Crippen LogP contribution in [0.3, 0.4) is 0 Å². The summed E-state index contributed by atoms with van der Waals surface area (Å²) in [4.78, 5) is 0. The van der Waals surface area contributed by atoms with E-state index in [1.807, 2.05) is 0 Å². The Balaban J connectivity index is 0.000000150. The summed E-state index contributed by atoms with van der Waals surface area (Å²) in [7, 11) is 0. The Bertz CT molecular complexity index is 208. The summed E-state index contributed by atoms with van der Waals surface area (Å²) in [6.45, 7) is 0. The third kappa shape index (κ3) is 3.46. The van der Waals surface area contributed by atoms with Crippen molar-refractivity contribution in [3.63, 3.8) is 0 Å². The average molecular weight is 170 g/mol. The number of rotatable bonds is 0. The molecule has 66 valence electrons. The standard InChI is InChI=1S/C6H4F2.C4H8/c7-5-2-1-3-6(8)4-5;1-2-4-3-1/h1-4H;1-4H2. The molecule has 0 radical (unpaired) electrons. The highest BCUT2D eigenvalue weighted by molar-refractivity contribution is 5.04. The lowest BCUT2D eigenvalue weighted by Crippen LogP contribution is -1.85. The van der Waals surface area contributed by atoms with E-state index in [0.717, 1.165) is 6.07 Å². The Kier molecular flexibility index (Phi) is 3.71. The van der Waals surface area contributed by atoms with Crippen molar-refractivity contribution in [3.05, 3.63) is 35.9 Å². The van der Waals surface area contributed by atoms with Gasteiger partial charge in [-0.05, 0) is 12.1 Å². The van der Waals surface area contributed by atoms with Gasteiger partial charge >= 0.3 is 0 Å². The van der Waals surface area contributed by atoms with E-state index in [-0.39, 0.29) is 0 Å². The van der Waals surface area contributed by atoms with Gasteiger partial charge in [0.15, 0.2) is 0 Å². The predicted octanol–water partition coefficient (Wildman–Crippen LogP) is 3.53. The molecule has 0 aromatic heterocycles. The summed E-state index contributed by atoms with van der Waals surface area (Å²) >= 11 is 0. The van der Waals surface area contributed by atoms with E-state index in [9.17, 15) is 8.78 Å². The normalized spacial score (nSPS) is 14.2. The van der Waals surface area contributed by atoms with Crippen molar-refractivity contribution in [1.29, 1.82) is 0 Å². The van der Waals surface area contributed by atoms with Crippen LogP contribution in [0.5, 0.6) is 0 Å². The number of halogens is 2. The van der Waals surface area contributed by atoms with Gasteiger partial charge in [-0.1, -0.05) is 31.7 Å². The fourth-order valence-electron chi connectivity index (χ4n) is 0.710. The highest BCUT2D eigenvalue weighted by Crippen LogP contribution is 2.15. The van der Waals surface area contributed by atoms with E-state index < -0.39 is 11.6 Å². The van der Waals surface area contributed by atoms with Gasteiger partial charge in [0.05, 0.1) is 0 Å². The zero-order valence-corrected chi connectivity index (χ0v) is 6.89. The molecule has 2 heteroatoms. The van der Waals surface area contributed by atoms with Crippen LogP contribution in [0.4, 0.5) is 8.78 Å². The van der Waals surface area contributed by atoms with Gasteiger partial charge in [0.2, 0.25) is 0 Å². The first kappa shape index (κ1) is 9.17. The lowest BCUT2D eigenvalue weighted by atomic mass is 10.0. The van der Waals surface area contributed by atoms with Crippen LogP contribution < -0.4 is 0 Å². The van der Waals surface area contributed by atoms with Crippen LogP contribution in [-0.2, 0) is 0 Å². The maximum atomic E-state index is 11.9. The minimum absolute atomic E-state index is 0.537. The topological polar surface area (TPSA) is 0 Å². The van der Waals surface area contributed by atoms with Crippen LogP contribution in [0.1, 0.15) is 25.7 Å². The molecule has 1 aliphatic carbocycles. The second-order valence-corrected chi connectivity index (χ2v) is 2.85. The molecule has 1 fully saturated rings. The van der Waals surface area contributed by atoms with E-state index in [1.54, 1.807) is 0 Å². The number of hydrogen-bond acceptors (Lipinski definition) is 0. The van der Waals surface area contributed by atoms with Crippen molar-refractivity contribution in [2.45, 2.75) is 25.7 Å². The van der Waals surface area contributed by atoms with Gasteiger partial charge in [-0.15, -0.1) is 0 Å². The van der Waals surface area contributed by atoms with Crippen molar-refractivity contribution in [2.24, 2.45) is 0 Å². The van der Waals surface area contributed by atoms with Gasteiger partial charge in [-0.25, -0.2) is 8.78 Å². The highest BCUT2D eigenvalue weighted by atomic mass is 19.1. The van der Waals surface area contributed by atoms with Crippen LogP contribution in [-0.4, -0.2) is 0 Å². The minimum Gasteiger partial charge on any atom is -0.207 e. The maximum absolute atomic E-state index is 11.9. The van der Waals surface area contributed by atoms with Crippen LogP contribution in [0.25, 0.3) is 0 Å². The van der Waals surface area contributed by atoms with Crippen molar-refractivity contribution < 1.29 is 8.78 Å². The van der Waals surface area contributed by atoms with Gasteiger partial charge in [0.1, 0.15) is 11.6 Å². The fraction of sp³-hybridized carbons (Fsp3) is 0.400. The van der Waals surface area contributed by atoms with Gasteiger partial charge < -0.3 is 0 Å². The molecule has 0 spiro atoms. The lowest BCUT2D eigenvalue weighted by Gasteiger charge is -2.05. The third-order valence-corrected chi connectivity index (χ3v) is 1.79. The molecule has 1 aromatic carbocycles. The van der Waals surface area contributed by atoms with Crippen LogP contribution in [0, 0.1) is 11.6 Å². The monoisotopic (exact) mass is 170 g/mol. The fourth-order valence-corrected chi connectivity index (χ4v) is 0.710. The molecule has 0 amide bonds. The minimum atomic E-state index is -0.537. The van der Waals surface area contributed by atoms with Crippen LogP contribution in [0.15, 0.2) is 24.3 Å². The van der Waals surface area contributed by atoms with Gasteiger partial charge in [0, 0.05) is 6.07 Å². The van der Waals surface area contributed by atoms with Gasteiger partial charge in [-0.2, -0.15) is 0 Å². The highest BCUT2D eigenvalue weighted by Gasteiger charge is 1.95. The molecule has 0 unspecified atom stereocenters. The summed E-state index contributed by atoms with van der Waals surface area (Å²) in [5, 5.41) is 0. The molecule has 1 aliphatic rings. The zero-order valence-electron chi connectivity index (χ0n) is 6.89. The van der Waals surface area contributed by atoms with Crippen molar-refractivity contribution in [2.75, 3.05) is 0 Å². The van der Waals surface area contributed by atoms with Crippen LogP contribution >= 0.6 is 0 Å². The molecule has 0 saturated heterocycles. The molecule has 0 N–H and O–H groups in total. The Labute approximate surface area is 71.2 Å². The van der Waals surface area contributed by atoms with E-state index >= 15 is 0 Å². The summed E-state index contributed by atoms with van der Waals surface area (Å²) in [6, 6.07) is 4.55. The molecule has 2 rings (SSSR count). The first-order valence-electron chi connectivity index (χ1n) is 4.20. The van der Waals surface area contributed by atoms with Crippen molar-refractivity contribution >= 4 is 0 Å². The Hall–Kier alpha value is -0.920. The summed E-state index contributed by atoms with van der Waals surface area (Å²) in [5.41, 5.74) is 0. The van der Waals surface area contributed by atoms with Gasteiger partial charge in [-0.3, -0.25) is 0 Å². The third-order valence-electron chi connectivity index (χ3n) is 1.79. The first-order chi connectivity index (χ1) is 5.79. The molecule has 0 bridgehead atoms. The molecule has 0 atom stereocenters. The van der Waals surface area contributed by atoms with Crippen LogP contribution in [0.2, 0.25) is 0 Å². The lowest BCUT2D eigenvalue weighted by molar-refractivity contribution is 0.504. The molecule has 1 aromatic rings. The summed E-state index contributed by atoms with van der Waals surface area (Å²) in [5.74, 6) is -1.07. The molecular formula is C10H12F2. The predicted molar refractivity (Wildman–Crippen MR) is 44.8 cm³/mol. The van der Waals surface area contributed by atoms with E-state index in [1.165, 1.54) is 43.9 Å². The Morgan fingerprint density at radius 2 is 1.25 bits per heavy atom.